The zero-order chi connectivity index (χ0) is 22.5. The number of nitrogens with one attached hydrogen (secondary N) is 1. The molecule has 0 bridgehead atoms. The first-order chi connectivity index (χ1) is 15.5. The highest BCUT2D eigenvalue weighted by atomic mass is 16.1. The minimum atomic E-state index is -0.109. The molecular formula is C26H33N5O. The van der Waals surface area contributed by atoms with Gasteiger partial charge in [-0.05, 0) is 54.5 Å². The molecule has 0 aliphatic carbocycles. The molecule has 32 heavy (non-hydrogen) atoms. The van der Waals surface area contributed by atoms with Gasteiger partial charge in [-0.25, -0.2) is 9.67 Å². The summed E-state index contributed by atoms with van der Waals surface area (Å²) in [4.78, 5) is 19.9. The molecule has 1 amide bonds. The molecule has 2 aromatic heterocycles. The molecule has 1 aliphatic rings. The van der Waals surface area contributed by atoms with Crippen molar-refractivity contribution in [2.75, 3.05) is 13.1 Å². The average Bonchev–Trinajstić information content (AvgIpc) is 3.25. The first kappa shape index (κ1) is 22.2. The molecule has 0 radical (unpaired) electrons. The Morgan fingerprint density at radius 3 is 2.62 bits per heavy atom. The second-order valence-electron chi connectivity index (χ2n) is 9.18. The Kier molecular flexibility index (Phi) is 7.00. The van der Waals surface area contributed by atoms with E-state index >= 15 is 0 Å². The molecule has 0 saturated carbocycles. The number of hydrogen-bond acceptors (Lipinski definition) is 4. The molecule has 3 heterocycles. The van der Waals surface area contributed by atoms with Crippen LogP contribution < -0.4 is 5.32 Å². The Morgan fingerprint density at radius 1 is 1.16 bits per heavy atom. The number of amides is 1. The topological polar surface area (TPSA) is 63.1 Å². The molecule has 0 spiro atoms. The fourth-order valence-corrected chi connectivity index (χ4v) is 4.48. The van der Waals surface area contributed by atoms with Crippen LogP contribution in [0.2, 0.25) is 0 Å². The van der Waals surface area contributed by atoms with Gasteiger partial charge in [-0.3, -0.25) is 9.69 Å². The molecule has 3 aromatic rings. The van der Waals surface area contributed by atoms with Gasteiger partial charge in [-0.1, -0.05) is 51.1 Å². The Morgan fingerprint density at radius 2 is 1.94 bits per heavy atom. The van der Waals surface area contributed by atoms with E-state index in [0.717, 1.165) is 23.7 Å². The van der Waals surface area contributed by atoms with Crippen molar-refractivity contribution in [2.45, 2.75) is 52.6 Å². The van der Waals surface area contributed by atoms with Crippen molar-refractivity contribution in [1.82, 2.24) is 25.0 Å². The summed E-state index contributed by atoms with van der Waals surface area (Å²) in [5.74, 6) is 1.53. The van der Waals surface area contributed by atoms with Gasteiger partial charge >= 0.3 is 0 Å². The second kappa shape index (κ2) is 10.1. The van der Waals surface area contributed by atoms with Crippen LogP contribution in [-0.2, 0) is 13.1 Å². The maximum atomic E-state index is 13.0. The zero-order valence-corrected chi connectivity index (χ0v) is 19.3. The van der Waals surface area contributed by atoms with E-state index in [1.165, 1.54) is 31.5 Å². The van der Waals surface area contributed by atoms with Crippen LogP contribution in [0.5, 0.6) is 0 Å². The predicted molar refractivity (Wildman–Crippen MR) is 127 cm³/mol. The van der Waals surface area contributed by atoms with Crippen LogP contribution in [0.25, 0.3) is 5.82 Å². The summed E-state index contributed by atoms with van der Waals surface area (Å²) >= 11 is 0. The zero-order valence-electron chi connectivity index (χ0n) is 19.3. The fraction of sp³-hybridized carbons (Fsp3) is 0.423. The summed E-state index contributed by atoms with van der Waals surface area (Å²) in [6, 6.07) is 14.3. The normalized spacial score (nSPS) is 16.9. The van der Waals surface area contributed by atoms with Crippen LogP contribution in [0.4, 0.5) is 0 Å². The first-order valence-electron chi connectivity index (χ1n) is 11.6. The van der Waals surface area contributed by atoms with Gasteiger partial charge in [0, 0.05) is 25.8 Å². The Balaban J connectivity index is 1.39. The first-order valence-corrected chi connectivity index (χ1v) is 11.6. The van der Waals surface area contributed by atoms with Crippen molar-refractivity contribution in [3.8, 4) is 5.82 Å². The van der Waals surface area contributed by atoms with Crippen LogP contribution in [-0.4, -0.2) is 38.7 Å². The number of rotatable bonds is 7. The number of aromatic nitrogens is 3. The molecule has 1 saturated heterocycles. The van der Waals surface area contributed by atoms with Gasteiger partial charge in [0.05, 0.1) is 17.5 Å². The van der Waals surface area contributed by atoms with E-state index in [1.807, 2.05) is 18.2 Å². The summed E-state index contributed by atoms with van der Waals surface area (Å²) in [6.45, 7) is 10.3. The smallest absolute Gasteiger partial charge is 0.255 e. The van der Waals surface area contributed by atoms with Crippen LogP contribution in [0.15, 0.2) is 54.9 Å². The third-order valence-electron chi connectivity index (χ3n) is 6.09. The minimum Gasteiger partial charge on any atom is -0.348 e. The highest BCUT2D eigenvalue weighted by Gasteiger charge is 2.21. The van der Waals surface area contributed by atoms with Crippen LogP contribution in [0, 0.1) is 5.92 Å². The highest BCUT2D eigenvalue weighted by Crippen LogP contribution is 2.22. The molecule has 1 N–H and O–H groups in total. The predicted octanol–water partition coefficient (Wildman–Crippen LogP) is 4.55. The maximum absolute atomic E-state index is 13.0. The van der Waals surface area contributed by atoms with E-state index in [1.54, 1.807) is 17.1 Å². The van der Waals surface area contributed by atoms with Crippen molar-refractivity contribution in [1.29, 1.82) is 0 Å². The van der Waals surface area contributed by atoms with E-state index in [2.05, 4.69) is 65.3 Å². The van der Waals surface area contributed by atoms with E-state index < -0.39 is 0 Å². The SMILES string of the molecule is CC1CCCN(Cc2ccc(CNC(=O)c3cnn(-c4ccccn4)c3C(C)C)cc2)C1. The third kappa shape index (κ3) is 5.25. The van der Waals surface area contributed by atoms with Gasteiger partial charge in [-0.2, -0.15) is 5.10 Å². The van der Waals surface area contributed by atoms with Crippen molar-refractivity contribution in [3.05, 3.63) is 77.2 Å². The van der Waals surface area contributed by atoms with E-state index in [9.17, 15) is 4.79 Å². The second-order valence-corrected chi connectivity index (χ2v) is 9.18. The Hall–Kier alpha value is -2.99. The summed E-state index contributed by atoms with van der Waals surface area (Å²) in [5, 5.41) is 7.50. The van der Waals surface area contributed by atoms with Gasteiger partial charge in [0.2, 0.25) is 0 Å². The summed E-state index contributed by atoms with van der Waals surface area (Å²) in [6.07, 6.45) is 6.01. The van der Waals surface area contributed by atoms with Crippen LogP contribution >= 0.6 is 0 Å². The largest absolute Gasteiger partial charge is 0.348 e. The standard InChI is InChI=1S/C26H33N5O/c1-19(2)25-23(16-29-31(25)24-8-4-5-13-27-24)26(32)28-15-21-9-11-22(12-10-21)18-30-14-6-7-20(3)17-30/h4-5,8-13,16,19-20H,6-7,14-15,17-18H2,1-3H3,(H,28,32). The van der Waals surface area contributed by atoms with E-state index in [0.29, 0.717) is 17.9 Å². The number of carbonyl (C=O) groups excluding carboxylic acids is 1. The molecule has 1 unspecified atom stereocenters. The lowest BCUT2D eigenvalue weighted by molar-refractivity contribution is 0.0949. The summed E-state index contributed by atoms with van der Waals surface area (Å²) < 4.78 is 1.76. The van der Waals surface area contributed by atoms with Crippen molar-refractivity contribution in [2.24, 2.45) is 5.92 Å². The number of carbonyl (C=O) groups is 1. The van der Waals surface area contributed by atoms with Gasteiger partial charge in [0.1, 0.15) is 0 Å². The quantitative estimate of drug-likeness (QED) is 0.596. The molecule has 6 heteroatoms. The molecule has 4 rings (SSSR count). The third-order valence-corrected chi connectivity index (χ3v) is 6.09. The molecule has 1 atom stereocenters. The van der Waals surface area contributed by atoms with Crippen molar-refractivity contribution in [3.63, 3.8) is 0 Å². The fourth-order valence-electron chi connectivity index (χ4n) is 4.48. The highest BCUT2D eigenvalue weighted by molar-refractivity contribution is 5.95. The summed E-state index contributed by atoms with van der Waals surface area (Å²) in [5.41, 5.74) is 3.89. The maximum Gasteiger partial charge on any atom is 0.255 e. The lowest BCUT2D eigenvalue weighted by Gasteiger charge is -2.30. The monoisotopic (exact) mass is 431 g/mol. The average molecular weight is 432 g/mol. The molecule has 1 aliphatic heterocycles. The Bertz CT molecular complexity index is 1030. The number of hydrogen-bond donors (Lipinski definition) is 1. The molecule has 168 valence electrons. The van der Waals surface area contributed by atoms with Crippen molar-refractivity contribution >= 4 is 5.91 Å². The Labute approximate surface area is 190 Å². The van der Waals surface area contributed by atoms with E-state index in [4.69, 9.17) is 0 Å². The number of likely N-dealkylation sites (tertiary alicyclic amines) is 1. The molecule has 1 aromatic carbocycles. The number of benzene rings is 1. The number of nitrogens with zero attached hydrogens (tertiary/aromatic N) is 4. The lowest BCUT2D eigenvalue weighted by Crippen LogP contribution is -2.33. The van der Waals surface area contributed by atoms with Crippen LogP contribution in [0.1, 0.15) is 66.7 Å². The van der Waals surface area contributed by atoms with Gasteiger partial charge in [0.15, 0.2) is 5.82 Å². The summed E-state index contributed by atoms with van der Waals surface area (Å²) in [7, 11) is 0. The number of piperidine rings is 1. The van der Waals surface area contributed by atoms with Gasteiger partial charge < -0.3 is 5.32 Å². The molecule has 1 fully saturated rings. The molecular weight excluding hydrogens is 398 g/mol. The minimum absolute atomic E-state index is 0.109. The van der Waals surface area contributed by atoms with Crippen LogP contribution in [0.3, 0.4) is 0 Å². The van der Waals surface area contributed by atoms with E-state index in [-0.39, 0.29) is 11.8 Å². The van der Waals surface area contributed by atoms with Gasteiger partial charge in [0.25, 0.3) is 5.91 Å². The lowest BCUT2D eigenvalue weighted by atomic mass is 9.99. The van der Waals surface area contributed by atoms with Crippen molar-refractivity contribution < 1.29 is 4.79 Å². The molecule has 6 nitrogen and oxygen atoms in total. The van der Waals surface area contributed by atoms with Gasteiger partial charge in [-0.15, -0.1) is 0 Å². The number of pyridine rings is 1.